The molecule has 6 aliphatic rings. The second-order valence-electron chi connectivity index (χ2n) is 13.1. The third-order valence-corrected chi connectivity index (χ3v) is 10.5. The number of benzene rings is 1. The lowest BCUT2D eigenvalue weighted by Crippen LogP contribution is -2.53. The van der Waals surface area contributed by atoms with Crippen molar-refractivity contribution in [3.8, 4) is 17.3 Å². The van der Waals surface area contributed by atoms with Crippen molar-refractivity contribution in [3.05, 3.63) is 34.9 Å². The minimum absolute atomic E-state index is 0.000397. The number of fused-ring (bicyclic) bond motifs is 1. The molecule has 3 aromatic heterocycles. The van der Waals surface area contributed by atoms with Crippen molar-refractivity contribution in [2.24, 2.45) is 5.41 Å². The number of likely N-dealkylation sites (tertiary alicyclic amines) is 1. The van der Waals surface area contributed by atoms with Gasteiger partial charge in [-0.1, -0.05) is 11.6 Å². The Kier molecular flexibility index (Phi) is 7.37. The normalized spacial score (nSPS) is 26.6. The first kappa shape index (κ1) is 29.6. The third kappa shape index (κ3) is 5.08. The number of pyridine rings is 1. The van der Waals surface area contributed by atoms with Gasteiger partial charge in [0, 0.05) is 61.4 Å². The molecule has 7 bridgehead atoms. The number of likely N-dealkylation sites (N-methyl/N-ethyl adjacent to an activating group) is 1. The number of H-pyrrole nitrogens is 1. The summed E-state index contributed by atoms with van der Waals surface area (Å²) in [5.41, 5.74) is 1.79. The molecule has 1 aromatic carbocycles. The maximum Gasteiger partial charge on any atom is 0.508 e. The molecule has 242 valence electrons. The van der Waals surface area contributed by atoms with Crippen molar-refractivity contribution in [3.63, 3.8) is 0 Å². The second-order valence-corrected chi connectivity index (χ2v) is 13.5. The van der Waals surface area contributed by atoms with E-state index in [9.17, 15) is 4.79 Å². The van der Waals surface area contributed by atoms with E-state index in [0.29, 0.717) is 51.4 Å². The number of methoxy groups -OCH3 is 1. The van der Waals surface area contributed by atoms with E-state index in [2.05, 4.69) is 30.0 Å². The number of rotatable bonds is 4. The molecule has 1 spiro atoms. The van der Waals surface area contributed by atoms with Crippen LogP contribution in [-0.4, -0.2) is 101 Å². The van der Waals surface area contributed by atoms with Gasteiger partial charge in [-0.25, -0.2) is 9.18 Å². The first-order valence-corrected chi connectivity index (χ1v) is 16.1. The Hall–Kier alpha value is -3.81. The smallest absolute Gasteiger partial charge is 0.462 e. The maximum absolute atomic E-state index is 17.0. The monoisotopic (exact) mass is 651 g/mol. The number of ether oxygens (including phenoxy) is 4. The van der Waals surface area contributed by atoms with Crippen molar-refractivity contribution in [2.45, 2.75) is 56.8 Å². The number of aromatic amines is 1. The number of carbonyl (C=O) groups excluding carboxylic acids is 1. The lowest BCUT2D eigenvalue weighted by Gasteiger charge is -2.52. The van der Waals surface area contributed by atoms with Crippen LogP contribution >= 0.6 is 11.6 Å². The Labute approximate surface area is 269 Å². The molecule has 3 fully saturated rings. The largest absolute Gasteiger partial charge is 0.508 e. The van der Waals surface area contributed by atoms with Crippen molar-refractivity contribution < 1.29 is 28.1 Å². The number of aromatic nitrogens is 5. The van der Waals surface area contributed by atoms with Gasteiger partial charge in [-0.15, -0.1) is 0 Å². The molecule has 2 atom stereocenters. The quantitative estimate of drug-likeness (QED) is 0.302. The Morgan fingerprint density at radius 3 is 2.93 bits per heavy atom. The molecule has 0 unspecified atom stereocenters. The molecule has 10 rings (SSSR count). The molecular weight excluding hydrogens is 617 g/mol. The number of carbonyl (C=O) groups is 1. The van der Waals surface area contributed by atoms with Crippen LogP contribution < -0.4 is 9.64 Å². The molecule has 12 nitrogen and oxygen atoms in total. The van der Waals surface area contributed by atoms with Crippen LogP contribution in [0.4, 0.5) is 15.0 Å². The number of nitrogens with zero attached hydrogens (tertiary/aromatic N) is 6. The van der Waals surface area contributed by atoms with E-state index in [0.717, 1.165) is 45.2 Å². The Morgan fingerprint density at radius 1 is 1.24 bits per heavy atom. The van der Waals surface area contributed by atoms with Gasteiger partial charge in [0.05, 0.1) is 29.8 Å². The topological polar surface area (TPSA) is 128 Å². The summed E-state index contributed by atoms with van der Waals surface area (Å²) >= 11 is 6.76. The fourth-order valence-corrected chi connectivity index (χ4v) is 8.10. The molecule has 5 aliphatic heterocycles. The fourth-order valence-electron chi connectivity index (χ4n) is 7.80. The summed E-state index contributed by atoms with van der Waals surface area (Å²) in [6.45, 7) is 2.57. The van der Waals surface area contributed by atoms with E-state index in [4.69, 9.17) is 35.5 Å². The third-order valence-electron chi connectivity index (χ3n) is 10.2. The van der Waals surface area contributed by atoms with Gasteiger partial charge in [0.1, 0.15) is 29.7 Å². The van der Waals surface area contributed by atoms with Crippen LogP contribution in [0, 0.1) is 11.2 Å². The van der Waals surface area contributed by atoms with E-state index >= 15 is 4.39 Å². The number of halogens is 2. The molecule has 1 aliphatic carbocycles. The number of anilines is 1. The lowest BCUT2D eigenvalue weighted by molar-refractivity contribution is -0.0717. The van der Waals surface area contributed by atoms with Gasteiger partial charge in [0.2, 0.25) is 0 Å². The maximum atomic E-state index is 17.0. The zero-order valence-electron chi connectivity index (χ0n) is 25.7. The highest BCUT2D eigenvalue weighted by Crippen LogP contribution is 2.50. The van der Waals surface area contributed by atoms with Gasteiger partial charge in [0.15, 0.2) is 5.82 Å². The number of nitrogens with one attached hydrogen (secondary N) is 1. The van der Waals surface area contributed by atoms with Crippen LogP contribution in [0.1, 0.15) is 37.7 Å². The molecule has 4 aromatic rings. The highest BCUT2D eigenvalue weighted by molar-refractivity contribution is 6.33. The first-order chi connectivity index (χ1) is 22.3. The summed E-state index contributed by atoms with van der Waals surface area (Å²) in [4.78, 5) is 31.2. The molecule has 46 heavy (non-hydrogen) atoms. The van der Waals surface area contributed by atoms with Crippen LogP contribution in [-0.2, 0) is 20.6 Å². The number of hydrogen-bond acceptors (Lipinski definition) is 11. The van der Waals surface area contributed by atoms with Gasteiger partial charge in [-0.05, 0) is 56.2 Å². The zero-order chi connectivity index (χ0) is 31.6. The highest BCUT2D eigenvalue weighted by atomic mass is 35.5. The molecule has 2 saturated heterocycles. The highest BCUT2D eigenvalue weighted by Gasteiger charge is 2.49. The Bertz CT molecular complexity index is 1830. The lowest BCUT2D eigenvalue weighted by atomic mass is 9.62. The van der Waals surface area contributed by atoms with Gasteiger partial charge < -0.3 is 23.8 Å². The zero-order valence-corrected chi connectivity index (χ0v) is 26.5. The summed E-state index contributed by atoms with van der Waals surface area (Å²) in [5.74, 6) is -0.0334. The van der Waals surface area contributed by atoms with E-state index in [1.54, 1.807) is 25.6 Å². The van der Waals surface area contributed by atoms with Gasteiger partial charge in [-0.3, -0.25) is 15.0 Å². The van der Waals surface area contributed by atoms with E-state index in [1.165, 1.54) is 0 Å². The van der Waals surface area contributed by atoms with Crippen LogP contribution in [0.3, 0.4) is 0 Å². The number of piperidine rings is 1. The van der Waals surface area contributed by atoms with Crippen molar-refractivity contribution in [1.29, 1.82) is 0 Å². The van der Waals surface area contributed by atoms with Crippen LogP contribution in [0.15, 0.2) is 18.5 Å². The van der Waals surface area contributed by atoms with Crippen molar-refractivity contribution in [1.82, 2.24) is 30.0 Å². The average molecular weight is 652 g/mol. The van der Waals surface area contributed by atoms with Gasteiger partial charge >= 0.3 is 12.2 Å². The average Bonchev–Trinajstić information content (AvgIpc) is 3.65. The molecule has 14 heteroatoms. The first-order valence-electron chi connectivity index (χ1n) is 15.8. The second kappa shape index (κ2) is 11.5. The van der Waals surface area contributed by atoms with Gasteiger partial charge in [-0.2, -0.15) is 15.1 Å². The Balaban J connectivity index is 1.27. The standard InChI is InChI=1S/C32H35ClFN7O5/c1-40-14-18(43-2)8-17(40)15-45-30-37-27-22-12-35-28(26(27)34)25-20(23(33)9-24-21(25)13-36-39-24)4-7-44-31(42)46-19-10-32(11-19)5-3-6-41(16-32)29(22)38-30/h9,12-13,17-19H,3-8,10-11,14-16H2,1-2H3,(H,36,39)/t17-,18+,19?,32?/m0/s1. The van der Waals surface area contributed by atoms with E-state index < -0.39 is 12.0 Å². The SMILES string of the molecule is CO[C@@H]1C[C@@H](COc2nc3c4cnc(c(F)c4n2)-c2c(c(Cl)cc4[nH]ncc24)CCOC(=O)OC2CC4(CCCN3C4)C2)N(C)C1. The fraction of sp³-hybridized carbons (Fsp3) is 0.531. The molecule has 1 saturated carbocycles. The van der Waals surface area contributed by atoms with Gasteiger partial charge in [0.25, 0.3) is 0 Å². The number of hydrogen-bond donors (Lipinski definition) is 1. The van der Waals surface area contributed by atoms with Crippen LogP contribution in [0.25, 0.3) is 33.1 Å². The van der Waals surface area contributed by atoms with E-state index in [-0.39, 0.29) is 53.9 Å². The molecule has 0 amide bonds. The molecule has 0 radical (unpaired) electrons. The van der Waals surface area contributed by atoms with Crippen LogP contribution in [0.2, 0.25) is 5.02 Å². The minimum atomic E-state index is -0.713. The minimum Gasteiger partial charge on any atom is -0.462 e. The Morgan fingerprint density at radius 2 is 2.11 bits per heavy atom. The van der Waals surface area contributed by atoms with Crippen molar-refractivity contribution in [2.75, 3.05) is 51.9 Å². The molecule has 8 heterocycles. The molecular formula is C32H35ClFN7O5. The summed E-state index contributed by atoms with van der Waals surface area (Å²) in [5, 5.41) is 8.60. The summed E-state index contributed by atoms with van der Waals surface area (Å²) < 4.78 is 39.9. The molecule has 1 N–H and O–H groups in total. The summed E-state index contributed by atoms with van der Waals surface area (Å²) in [6.07, 6.45) is 6.86. The van der Waals surface area contributed by atoms with Crippen LogP contribution in [0.5, 0.6) is 6.01 Å². The van der Waals surface area contributed by atoms with Crippen molar-refractivity contribution >= 4 is 45.4 Å². The predicted octanol–water partition coefficient (Wildman–Crippen LogP) is 4.92. The summed E-state index contributed by atoms with van der Waals surface area (Å²) in [7, 11) is 3.75. The summed E-state index contributed by atoms with van der Waals surface area (Å²) in [6, 6.07) is 1.95. The predicted molar refractivity (Wildman–Crippen MR) is 168 cm³/mol. The van der Waals surface area contributed by atoms with E-state index in [1.807, 2.05) is 7.05 Å².